The first-order valence-electron chi connectivity index (χ1n) is 6.19. The van der Waals surface area contributed by atoms with Crippen molar-refractivity contribution in [3.8, 4) is 0 Å². The summed E-state index contributed by atoms with van der Waals surface area (Å²) < 4.78 is 27.9. The summed E-state index contributed by atoms with van der Waals surface area (Å²) in [4.78, 5) is 5.08. The van der Waals surface area contributed by atoms with E-state index >= 15 is 0 Å². The Balaban J connectivity index is 2.25. The van der Waals surface area contributed by atoms with Gasteiger partial charge in [-0.15, -0.1) is 22.7 Å². The summed E-state index contributed by atoms with van der Waals surface area (Å²) in [5.74, 6) is 0. The van der Waals surface area contributed by atoms with Crippen molar-refractivity contribution < 1.29 is 8.42 Å². The number of aryl methyl sites for hydroxylation is 1. The van der Waals surface area contributed by atoms with E-state index in [2.05, 4.69) is 9.71 Å². The molecule has 0 saturated heterocycles. The van der Waals surface area contributed by atoms with E-state index < -0.39 is 10.0 Å². The molecule has 2 aromatic rings. The second-order valence-electron chi connectivity index (χ2n) is 4.33. The number of thiazole rings is 1. The van der Waals surface area contributed by atoms with Gasteiger partial charge in [-0.3, -0.25) is 0 Å². The van der Waals surface area contributed by atoms with Crippen LogP contribution in [0.3, 0.4) is 0 Å². The summed E-state index contributed by atoms with van der Waals surface area (Å²) in [5, 5.41) is 2.62. The van der Waals surface area contributed by atoms with Crippen molar-refractivity contribution in [3.05, 3.63) is 33.1 Å². The maximum absolute atomic E-state index is 12.4. The van der Waals surface area contributed by atoms with Gasteiger partial charge in [0.15, 0.2) is 0 Å². The Labute approximate surface area is 126 Å². The third-order valence-corrected chi connectivity index (χ3v) is 7.00. The molecule has 0 spiro atoms. The molecule has 1 atom stereocenters. The minimum atomic E-state index is -3.53. The Kier molecular flexibility index (Phi) is 4.92. The maximum atomic E-state index is 12.4. The van der Waals surface area contributed by atoms with E-state index in [-0.39, 0.29) is 6.04 Å². The first-order valence-corrected chi connectivity index (χ1v) is 9.37. The van der Waals surface area contributed by atoms with Crippen molar-refractivity contribution in [1.29, 1.82) is 0 Å². The number of nitrogens with one attached hydrogen (secondary N) is 1. The highest BCUT2D eigenvalue weighted by Crippen LogP contribution is 2.28. The van der Waals surface area contributed by atoms with Crippen molar-refractivity contribution in [1.82, 2.24) is 9.71 Å². The van der Waals surface area contributed by atoms with Crippen molar-refractivity contribution in [3.63, 3.8) is 0 Å². The zero-order valence-corrected chi connectivity index (χ0v) is 13.7. The van der Waals surface area contributed by atoms with E-state index in [0.717, 1.165) is 15.4 Å². The normalized spacial score (nSPS) is 13.6. The molecular weight excluding hydrogens is 314 g/mol. The smallest absolute Gasteiger partial charge is 0.250 e. The van der Waals surface area contributed by atoms with Crippen LogP contribution in [0.1, 0.15) is 34.8 Å². The Morgan fingerprint density at radius 3 is 2.75 bits per heavy atom. The van der Waals surface area contributed by atoms with Crippen LogP contribution in [-0.2, 0) is 16.6 Å². The molecule has 0 aliphatic heterocycles. The molecule has 0 saturated carbocycles. The molecule has 0 amide bonds. The molecule has 0 radical (unpaired) electrons. The van der Waals surface area contributed by atoms with Gasteiger partial charge in [0.2, 0.25) is 0 Å². The Hall–Kier alpha value is -0.800. The fourth-order valence-corrected chi connectivity index (χ4v) is 5.40. The number of nitrogens with zero attached hydrogens (tertiary/aromatic N) is 1. The highest BCUT2D eigenvalue weighted by Gasteiger charge is 2.24. The predicted octanol–water partition coefficient (Wildman–Crippen LogP) is 2.40. The van der Waals surface area contributed by atoms with E-state index in [9.17, 15) is 8.42 Å². The number of hydrogen-bond donors (Lipinski definition) is 2. The lowest BCUT2D eigenvalue weighted by atomic mass is 10.3. The highest BCUT2D eigenvalue weighted by atomic mass is 32.2. The third kappa shape index (κ3) is 3.26. The maximum Gasteiger partial charge on any atom is 0.250 e. The fraction of sp³-hybridized carbons (Fsp3) is 0.417. The van der Waals surface area contributed by atoms with Crippen LogP contribution in [0.2, 0.25) is 0 Å². The molecule has 2 heterocycles. The van der Waals surface area contributed by atoms with E-state index in [1.807, 2.05) is 19.2 Å². The van der Waals surface area contributed by atoms with Gasteiger partial charge in [-0.05, 0) is 25.0 Å². The average molecular weight is 331 g/mol. The van der Waals surface area contributed by atoms with Gasteiger partial charge < -0.3 is 5.73 Å². The van der Waals surface area contributed by atoms with Crippen LogP contribution in [0.25, 0.3) is 0 Å². The van der Waals surface area contributed by atoms with Crippen LogP contribution in [0.5, 0.6) is 0 Å². The summed E-state index contributed by atoms with van der Waals surface area (Å²) in [7, 11) is -3.53. The topological polar surface area (TPSA) is 85.1 Å². The Bertz CT molecular complexity index is 662. The molecule has 1 unspecified atom stereocenters. The number of aromatic nitrogens is 1. The monoisotopic (exact) mass is 331 g/mol. The van der Waals surface area contributed by atoms with Gasteiger partial charge in [-0.1, -0.05) is 6.92 Å². The molecule has 0 aromatic carbocycles. The largest absolute Gasteiger partial charge is 0.326 e. The molecule has 2 aromatic heterocycles. The quantitative estimate of drug-likeness (QED) is 0.851. The molecule has 3 N–H and O–H groups in total. The Morgan fingerprint density at radius 1 is 1.50 bits per heavy atom. The van der Waals surface area contributed by atoms with Gasteiger partial charge in [-0.2, -0.15) is 0 Å². The van der Waals surface area contributed by atoms with Crippen LogP contribution in [0.15, 0.2) is 21.9 Å². The van der Waals surface area contributed by atoms with Crippen LogP contribution in [0.4, 0.5) is 0 Å². The SMILES string of the molecule is CCC(NS(=O)(=O)c1cc(C)c(CN)s1)c1nccs1. The lowest BCUT2D eigenvalue weighted by Crippen LogP contribution is -2.27. The molecule has 110 valence electrons. The van der Waals surface area contributed by atoms with Gasteiger partial charge >= 0.3 is 0 Å². The second-order valence-corrected chi connectivity index (χ2v) is 8.33. The number of thiophene rings is 1. The van der Waals surface area contributed by atoms with Crippen LogP contribution in [-0.4, -0.2) is 13.4 Å². The average Bonchev–Trinajstić information content (AvgIpc) is 3.05. The van der Waals surface area contributed by atoms with Gasteiger partial charge in [0.25, 0.3) is 10.0 Å². The van der Waals surface area contributed by atoms with Crippen molar-refractivity contribution in [2.75, 3.05) is 0 Å². The fourth-order valence-electron chi connectivity index (χ4n) is 1.78. The van der Waals surface area contributed by atoms with E-state index in [1.165, 1.54) is 22.7 Å². The number of nitrogens with two attached hydrogens (primary N) is 1. The summed E-state index contributed by atoms with van der Waals surface area (Å²) in [5.41, 5.74) is 6.52. The summed E-state index contributed by atoms with van der Waals surface area (Å²) in [6.45, 7) is 4.16. The Morgan fingerprint density at radius 2 is 2.25 bits per heavy atom. The predicted molar refractivity (Wildman–Crippen MR) is 82.4 cm³/mol. The number of rotatable bonds is 6. The third-order valence-electron chi connectivity index (χ3n) is 2.90. The second kappa shape index (κ2) is 6.31. The van der Waals surface area contributed by atoms with E-state index in [0.29, 0.717) is 17.2 Å². The van der Waals surface area contributed by atoms with Crippen LogP contribution in [0, 0.1) is 6.92 Å². The standard InChI is InChI=1S/C12H17N3O2S3/c1-3-9(12-14-4-5-18-12)15-20(16,17)11-6-8(2)10(7-13)19-11/h4-6,9,15H,3,7,13H2,1-2H3. The lowest BCUT2D eigenvalue weighted by Gasteiger charge is -2.13. The summed E-state index contributed by atoms with van der Waals surface area (Å²) in [6.07, 6.45) is 2.33. The molecule has 0 fully saturated rings. The first kappa shape index (κ1) is 15.6. The molecule has 0 bridgehead atoms. The molecule has 5 nitrogen and oxygen atoms in total. The minimum Gasteiger partial charge on any atom is -0.326 e. The number of hydrogen-bond acceptors (Lipinski definition) is 6. The van der Waals surface area contributed by atoms with Gasteiger partial charge in [0.1, 0.15) is 9.22 Å². The minimum absolute atomic E-state index is 0.288. The van der Waals surface area contributed by atoms with Gasteiger partial charge in [-0.25, -0.2) is 18.1 Å². The number of sulfonamides is 1. The van der Waals surface area contributed by atoms with Gasteiger partial charge in [0, 0.05) is 23.0 Å². The molecule has 0 aliphatic rings. The van der Waals surface area contributed by atoms with E-state index in [4.69, 9.17) is 5.73 Å². The van der Waals surface area contributed by atoms with Crippen LogP contribution >= 0.6 is 22.7 Å². The van der Waals surface area contributed by atoms with Crippen molar-refractivity contribution >= 4 is 32.7 Å². The molecule has 0 aliphatic carbocycles. The molecular formula is C12H17N3O2S3. The van der Waals surface area contributed by atoms with Crippen molar-refractivity contribution in [2.24, 2.45) is 5.73 Å². The zero-order chi connectivity index (χ0) is 14.8. The first-order chi connectivity index (χ1) is 9.47. The lowest BCUT2D eigenvalue weighted by molar-refractivity contribution is 0.551. The highest BCUT2D eigenvalue weighted by molar-refractivity contribution is 7.91. The zero-order valence-electron chi connectivity index (χ0n) is 11.3. The molecule has 8 heteroatoms. The summed E-state index contributed by atoms with van der Waals surface area (Å²) in [6, 6.07) is 1.38. The summed E-state index contributed by atoms with van der Waals surface area (Å²) >= 11 is 2.67. The molecule has 2 rings (SSSR count). The van der Waals surface area contributed by atoms with Crippen molar-refractivity contribution in [2.45, 2.75) is 37.1 Å². The van der Waals surface area contributed by atoms with Gasteiger partial charge in [0.05, 0.1) is 6.04 Å². The molecule has 20 heavy (non-hydrogen) atoms. The van der Waals surface area contributed by atoms with E-state index in [1.54, 1.807) is 12.3 Å². The van der Waals surface area contributed by atoms with Crippen LogP contribution < -0.4 is 10.5 Å².